The van der Waals surface area contributed by atoms with E-state index in [0.29, 0.717) is 12.1 Å². The van der Waals surface area contributed by atoms with Gasteiger partial charge in [-0.25, -0.2) is 0 Å². The number of hydrogen-bond acceptors (Lipinski definition) is 2. The summed E-state index contributed by atoms with van der Waals surface area (Å²) in [5, 5.41) is 0. The molecule has 2 aliphatic carbocycles. The average molecular weight is 225 g/mol. The van der Waals surface area contributed by atoms with E-state index in [-0.39, 0.29) is 0 Å². The van der Waals surface area contributed by atoms with E-state index >= 15 is 0 Å². The van der Waals surface area contributed by atoms with Gasteiger partial charge in [0.2, 0.25) is 0 Å². The molecule has 16 heavy (non-hydrogen) atoms. The summed E-state index contributed by atoms with van der Waals surface area (Å²) in [5.41, 5.74) is 6.13. The van der Waals surface area contributed by atoms with Gasteiger partial charge in [0.05, 0.1) is 6.10 Å². The molecule has 0 saturated heterocycles. The summed E-state index contributed by atoms with van der Waals surface area (Å²) in [4.78, 5) is 0. The van der Waals surface area contributed by atoms with Gasteiger partial charge in [-0.15, -0.1) is 0 Å². The maximum absolute atomic E-state index is 6.13. The van der Waals surface area contributed by atoms with Crippen LogP contribution in [0.2, 0.25) is 0 Å². The maximum atomic E-state index is 6.13. The van der Waals surface area contributed by atoms with Crippen molar-refractivity contribution in [3.05, 3.63) is 0 Å². The van der Waals surface area contributed by atoms with E-state index in [9.17, 15) is 0 Å². The van der Waals surface area contributed by atoms with Crippen molar-refractivity contribution in [1.29, 1.82) is 0 Å². The largest absolute Gasteiger partial charge is 0.377 e. The van der Waals surface area contributed by atoms with Gasteiger partial charge >= 0.3 is 0 Å². The molecular weight excluding hydrogens is 198 g/mol. The number of nitrogens with two attached hydrogens (primary N) is 1. The quantitative estimate of drug-likeness (QED) is 0.780. The third-order valence-electron chi connectivity index (χ3n) is 4.61. The smallest absolute Gasteiger partial charge is 0.0728 e. The first-order valence-corrected chi connectivity index (χ1v) is 7.16. The standard InChI is InChI=1S/C14H27NO/c1-2-11-6-7-13(15)14(10-11)16-9-8-12-4-3-5-12/h11-14H,2-10,15H2,1H3. The van der Waals surface area contributed by atoms with Crippen LogP contribution in [0.25, 0.3) is 0 Å². The Morgan fingerprint density at radius 2 is 1.94 bits per heavy atom. The van der Waals surface area contributed by atoms with Crippen LogP contribution in [0, 0.1) is 11.8 Å². The lowest BCUT2D eigenvalue weighted by molar-refractivity contribution is -0.00986. The molecule has 2 nitrogen and oxygen atoms in total. The van der Waals surface area contributed by atoms with E-state index in [1.165, 1.54) is 44.9 Å². The van der Waals surface area contributed by atoms with Crippen LogP contribution in [0.4, 0.5) is 0 Å². The van der Waals surface area contributed by atoms with Gasteiger partial charge in [-0.1, -0.05) is 32.6 Å². The van der Waals surface area contributed by atoms with Crippen molar-refractivity contribution in [3.8, 4) is 0 Å². The Kier molecular flexibility index (Phi) is 4.66. The predicted octanol–water partition coefficient (Wildman–Crippen LogP) is 3.10. The van der Waals surface area contributed by atoms with E-state index in [4.69, 9.17) is 10.5 Å². The van der Waals surface area contributed by atoms with Crippen LogP contribution in [0.15, 0.2) is 0 Å². The zero-order chi connectivity index (χ0) is 11.4. The molecule has 2 fully saturated rings. The lowest BCUT2D eigenvalue weighted by Gasteiger charge is -2.34. The van der Waals surface area contributed by atoms with Crippen LogP contribution in [-0.2, 0) is 4.74 Å². The fraction of sp³-hybridized carbons (Fsp3) is 1.00. The van der Waals surface area contributed by atoms with Gasteiger partial charge in [0, 0.05) is 12.6 Å². The molecule has 0 radical (unpaired) electrons. The highest BCUT2D eigenvalue weighted by Crippen LogP contribution is 2.31. The van der Waals surface area contributed by atoms with Crippen molar-refractivity contribution < 1.29 is 4.74 Å². The highest BCUT2D eigenvalue weighted by atomic mass is 16.5. The summed E-state index contributed by atoms with van der Waals surface area (Å²) in [6.07, 6.45) is 10.9. The highest BCUT2D eigenvalue weighted by Gasteiger charge is 2.28. The zero-order valence-corrected chi connectivity index (χ0v) is 10.7. The molecule has 0 spiro atoms. The van der Waals surface area contributed by atoms with Crippen molar-refractivity contribution in [3.63, 3.8) is 0 Å². The number of ether oxygens (including phenoxy) is 1. The van der Waals surface area contributed by atoms with Gasteiger partial charge in [-0.2, -0.15) is 0 Å². The van der Waals surface area contributed by atoms with Crippen molar-refractivity contribution in [2.24, 2.45) is 17.6 Å². The lowest BCUT2D eigenvalue weighted by Crippen LogP contribution is -2.42. The Morgan fingerprint density at radius 3 is 2.56 bits per heavy atom. The third kappa shape index (κ3) is 3.21. The van der Waals surface area contributed by atoms with Crippen molar-refractivity contribution in [1.82, 2.24) is 0 Å². The van der Waals surface area contributed by atoms with Crippen LogP contribution in [0.5, 0.6) is 0 Å². The maximum Gasteiger partial charge on any atom is 0.0728 e. The van der Waals surface area contributed by atoms with Crippen LogP contribution in [0.3, 0.4) is 0 Å². The van der Waals surface area contributed by atoms with Crippen molar-refractivity contribution in [2.45, 2.75) is 70.4 Å². The molecule has 3 unspecified atom stereocenters. The van der Waals surface area contributed by atoms with Crippen molar-refractivity contribution >= 4 is 0 Å². The monoisotopic (exact) mass is 225 g/mol. The van der Waals surface area contributed by atoms with Gasteiger partial charge < -0.3 is 10.5 Å². The lowest BCUT2D eigenvalue weighted by atomic mass is 9.82. The van der Waals surface area contributed by atoms with Gasteiger partial charge in [0.15, 0.2) is 0 Å². The second-order valence-corrected chi connectivity index (χ2v) is 5.75. The predicted molar refractivity (Wildman–Crippen MR) is 67.3 cm³/mol. The molecule has 0 aromatic carbocycles. The molecule has 0 amide bonds. The Hall–Kier alpha value is -0.0800. The first-order valence-electron chi connectivity index (χ1n) is 7.16. The molecule has 0 aromatic heterocycles. The van der Waals surface area contributed by atoms with E-state index in [1.807, 2.05) is 0 Å². The fourth-order valence-corrected chi connectivity index (χ4v) is 2.97. The minimum atomic E-state index is 0.296. The van der Waals surface area contributed by atoms with E-state index in [1.54, 1.807) is 0 Å². The second kappa shape index (κ2) is 6.02. The van der Waals surface area contributed by atoms with E-state index in [0.717, 1.165) is 24.9 Å². The minimum Gasteiger partial charge on any atom is -0.377 e. The molecule has 2 aliphatic rings. The summed E-state index contributed by atoms with van der Waals surface area (Å²) < 4.78 is 6.01. The zero-order valence-electron chi connectivity index (χ0n) is 10.7. The van der Waals surface area contributed by atoms with Crippen LogP contribution in [0.1, 0.15) is 58.3 Å². The molecule has 0 aromatic rings. The van der Waals surface area contributed by atoms with Gasteiger partial charge in [-0.3, -0.25) is 0 Å². The minimum absolute atomic E-state index is 0.296. The first kappa shape index (κ1) is 12.4. The molecular formula is C14H27NO. The summed E-state index contributed by atoms with van der Waals surface area (Å²) in [6, 6.07) is 0.296. The van der Waals surface area contributed by atoms with Gasteiger partial charge in [0.25, 0.3) is 0 Å². The Bertz CT molecular complexity index is 203. The van der Waals surface area contributed by atoms with Crippen LogP contribution < -0.4 is 5.73 Å². The molecule has 94 valence electrons. The average Bonchev–Trinajstić information content (AvgIpc) is 2.24. The SMILES string of the molecule is CCC1CCC(N)C(OCCC2CCC2)C1. The number of hydrogen-bond donors (Lipinski definition) is 1. The third-order valence-corrected chi connectivity index (χ3v) is 4.61. The highest BCUT2D eigenvalue weighted by molar-refractivity contribution is 4.83. The first-order chi connectivity index (χ1) is 7.79. The Balaban J connectivity index is 1.65. The normalized spacial score (nSPS) is 36.0. The number of rotatable bonds is 5. The Labute approximate surface area is 99.9 Å². The molecule has 2 saturated carbocycles. The molecule has 3 atom stereocenters. The molecule has 2 rings (SSSR count). The van der Waals surface area contributed by atoms with E-state index < -0.39 is 0 Å². The van der Waals surface area contributed by atoms with Crippen LogP contribution >= 0.6 is 0 Å². The molecule has 2 N–H and O–H groups in total. The second-order valence-electron chi connectivity index (χ2n) is 5.75. The fourth-order valence-electron chi connectivity index (χ4n) is 2.97. The summed E-state index contributed by atoms with van der Waals surface area (Å²) in [5.74, 6) is 1.82. The van der Waals surface area contributed by atoms with Gasteiger partial charge in [0.1, 0.15) is 0 Å². The summed E-state index contributed by atoms with van der Waals surface area (Å²) >= 11 is 0. The van der Waals surface area contributed by atoms with Gasteiger partial charge in [-0.05, 0) is 37.5 Å². The van der Waals surface area contributed by atoms with Crippen molar-refractivity contribution in [2.75, 3.05) is 6.61 Å². The Morgan fingerprint density at radius 1 is 1.12 bits per heavy atom. The summed E-state index contributed by atoms with van der Waals surface area (Å²) in [6.45, 7) is 3.23. The molecule has 0 bridgehead atoms. The summed E-state index contributed by atoms with van der Waals surface area (Å²) in [7, 11) is 0. The van der Waals surface area contributed by atoms with E-state index in [2.05, 4.69) is 6.92 Å². The topological polar surface area (TPSA) is 35.2 Å². The molecule has 2 heteroatoms. The molecule has 0 heterocycles. The van der Waals surface area contributed by atoms with Crippen LogP contribution in [-0.4, -0.2) is 18.8 Å². The molecule has 0 aliphatic heterocycles.